The number of H-pyrrole nitrogens is 1. The number of carbonyl (C=O) groups excluding carboxylic acids is 1. The minimum atomic E-state index is -0.238. The third-order valence-corrected chi connectivity index (χ3v) is 6.15. The molecule has 1 atom stereocenters. The van der Waals surface area contributed by atoms with E-state index in [1.54, 1.807) is 19.1 Å². The summed E-state index contributed by atoms with van der Waals surface area (Å²) in [4.78, 5) is 20.0. The van der Waals surface area contributed by atoms with Crippen molar-refractivity contribution in [2.45, 2.75) is 19.9 Å². The molecule has 32 heavy (non-hydrogen) atoms. The van der Waals surface area contributed by atoms with Gasteiger partial charge in [0.2, 0.25) is 0 Å². The van der Waals surface area contributed by atoms with E-state index in [-0.39, 0.29) is 12.1 Å². The molecule has 1 amide bonds. The summed E-state index contributed by atoms with van der Waals surface area (Å²) in [5.74, 6) is 1.41. The molecule has 2 aromatic carbocycles. The van der Waals surface area contributed by atoms with Crippen LogP contribution in [0.15, 0.2) is 42.5 Å². The highest BCUT2D eigenvalue weighted by Crippen LogP contribution is 2.39. The van der Waals surface area contributed by atoms with Gasteiger partial charge in [-0.25, -0.2) is 4.79 Å². The lowest BCUT2D eigenvalue weighted by atomic mass is 9.93. The van der Waals surface area contributed by atoms with Crippen LogP contribution < -0.4 is 9.47 Å². The first kappa shape index (κ1) is 22.0. The summed E-state index contributed by atoms with van der Waals surface area (Å²) in [5.41, 5.74) is 4.63. The normalized spacial score (nSPS) is 15.6. The Kier molecular flexibility index (Phi) is 6.55. The predicted molar refractivity (Wildman–Crippen MR) is 125 cm³/mol. The van der Waals surface area contributed by atoms with Crippen LogP contribution >= 0.6 is 0 Å². The first-order valence-electron chi connectivity index (χ1n) is 11.0. The van der Waals surface area contributed by atoms with Crippen LogP contribution in [0.1, 0.15) is 29.8 Å². The van der Waals surface area contributed by atoms with Crippen molar-refractivity contribution in [2.75, 3.05) is 47.0 Å². The fourth-order valence-corrected chi connectivity index (χ4v) is 4.61. The number of nitrogens with zero attached hydrogens (tertiary/aromatic N) is 2. The van der Waals surface area contributed by atoms with E-state index < -0.39 is 0 Å². The summed E-state index contributed by atoms with van der Waals surface area (Å²) in [6.07, 6.45) is -0.238. The lowest BCUT2D eigenvalue weighted by Crippen LogP contribution is -2.50. The third-order valence-electron chi connectivity index (χ3n) is 6.15. The van der Waals surface area contributed by atoms with E-state index in [1.807, 2.05) is 19.1 Å². The van der Waals surface area contributed by atoms with Crippen LogP contribution in [-0.2, 0) is 4.74 Å². The second kappa shape index (κ2) is 9.53. The van der Waals surface area contributed by atoms with E-state index in [4.69, 9.17) is 14.2 Å². The van der Waals surface area contributed by atoms with Gasteiger partial charge in [-0.1, -0.05) is 24.3 Å². The molecule has 1 aliphatic heterocycles. The summed E-state index contributed by atoms with van der Waals surface area (Å²) in [6, 6.07) is 14.5. The number of carbonyl (C=O) groups is 1. The van der Waals surface area contributed by atoms with Crippen LogP contribution in [0.5, 0.6) is 11.5 Å². The Morgan fingerprint density at radius 3 is 2.44 bits per heavy atom. The molecule has 1 fully saturated rings. The van der Waals surface area contributed by atoms with E-state index in [1.165, 1.54) is 10.9 Å². The van der Waals surface area contributed by atoms with Gasteiger partial charge < -0.3 is 24.1 Å². The molecule has 1 saturated heterocycles. The Hall–Kier alpha value is -3.19. The monoisotopic (exact) mass is 437 g/mol. The molecule has 1 aliphatic rings. The van der Waals surface area contributed by atoms with E-state index >= 15 is 0 Å². The van der Waals surface area contributed by atoms with E-state index in [9.17, 15) is 4.79 Å². The molecule has 0 radical (unpaired) electrons. The van der Waals surface area contributed by atoms with Gasteiger partial charge in [0, 0.05) is 48.3 Å². The highest BCUT2D eigenvalue weighted by atomic mass is 16.6. The van der Waals surface area contributed by atoms with Gasteiger partial charge in [0.05, 0.1) is 26.9 Å². The van der Waals surface area contributed by atoms with Gasteiger partial charge >= 0.3 is 6.09 Å². The summed E-state index contributed by atoms with van der Waals surface area (Å²) >= 11 is 0. The van der Waals surface area contributed by atoms with Gasteiger partial charge in [-0.05, 0) is 37.6 Å². The molecule has 1 aromatic heterocycles. The van der Waals surface area contributed by atoms with Crippen molar-refractivity contribution in [1.29, 1.82) is 0 Å². The maximum Gasteiger partial charge on any atom is 0.409 e. The molecule has 0 saturated carbocycles. The number of amides is 1. The smallest absolute Gasteiger partial charge is 0.409 e. The van der Waals surface area contributed by atoms with Crippen LogP contribution in [0.3, 0.4) is 0 Å². The number of methoxy groups -OCH3 is 2. The molecule has 0 aliphatic carbocycles. The van der Waals surface area contributed by atoms with Gasteiger partial charge in [0.15, 0.2) is 11.5 Å². The average molecular weight is 438 g/mol. The summed E-state index contributed by atoms with van der Waals surface area (Å²) < 4.78 is 16.3. The lowest BCUT2D eigenvalue weighted by molar-refractivity contribution is 0.0716. The number of aryl methyl sites for hydroxylation is 1. The van der Waals surface area contributed by atoms with E-state index in [2.05, 4.69) is 47.1 Å². The number of para-hydroxylation sites is 1. The molecule has 0 spiro atoms. The number of aromatic amines is 1. The maximum atomic E-state index is 12.2. The summed E-state index contributed by atoms with van der Waals surface area (Å²) in [5, 5.41) is 1.21. The Morgan fingerprint density at radius 2 is 1.75 bits per heavy atom. The molecular weight excluding hydrogens is 406 g/mol. The number of rotatable bonds is 6. The van der Waals surface area contributed by atoms with Gasteiger partial charge in [-0.3, -0.25) is 4.90 Å². The van der Waals surface area contributed by atoms with Crippen LogP contribution in [0.4, 0.5) is 4.79 Å². The van der Waals surface area contributed by atoms with Crippen LogP contribution in [0, 0.1) is 6.92 Å². The number of nitrogens with one attached hydrogen (secondary N) is 1. The van der Waals surface area contributed by atoms with Crippen molar-refractivity contribution in [1.82, 2.24) is 14.8 Å². The highest BCUT2D eigenvalue weighted by molar-refractivity contribution is 5.85. The molecule has 7 nitrogen and oxygen atoms in total. The number of piperazine rings is 1. The van der Waals surface area contributed by atoms with Crippen molar-refractivity contribution in [3.63, 3.8) is 0 Å². The van der Waals surface area contributed by atoms with Gasteiger partial charge in [0.25, 0.3) is 0 Å². The zero-order valence-electron chi connectivity index (χ0n) is 19.2. The Labute approximate surface area is 188 Å². The summed E-state index contributed by atoms with van der Waals surface area (Å²) in [7, 11) is 3.30. The molecule has 3 aromatic rings. The standard InChI is InChI=1S/C25H31N3O4/c1-5-32-25(29)28-14-12-27(13-15-28)24(18-10-11-21(30-3)22(16-18)31-4)23-17(2)26-20-9-7-6-8-19(20)23/h6-11,16,24,26H,5,12-15H2,1-4H3. The third kappa shape index (κ3) is 4.12. The zero-order chi connectivity index (χ0) is 22.7. The Morgan fingerprint density at radius 1 is 1.03 bits per heavy atom. The highest BCUT2D eigenvalue weighted by Gasteiger charge is 2.31. The van der Waals surface area contributed by atoms with Gasteiger partial charge in [-0.2, -0.15) is 0 Å². The number of hydrogen-bond donors (Lipinski definition) is 1. The summed E-state index contributed by atoms with van der Waals surface area (Å²) in [6.45, 7) is 7.10. The van der Waals surface area contributed by atoms with Crippen molar-refractivity contribution in [3.8, 4) is 11.5 Å². The van der Waals surface area contributed by atoms with Crippen molar-refractivity contribution < 1.29 is 19.0 Å². The molecule has 2 heterocycles. The number of ether oxygens (including phenoxy) is 3. The zero-order valence-corrected chi connectivity index (χ0v) is 19.2. The molecule has 1 N–H and O–H groups in total. The quantitative estimate of drug-likeness (QED) is 0.621. The minimum absolute atomic E-state index is 0.00954. The SMILES string of the molecule is CCOC(=O)N1CCN(C(c2ccc(OC)c(OC)c2)c2c(C)[nH]c3ccccc23)CC1. The fourth-order valence-electron chi connectivity index (χ4n) is 4.61. The molecule has 0 bridgehead atoms. The largest absolute Gasteiger partial charge is 0.493 e. The van der Waals surface area contributed by atoms with E-state index in [0.29, 0.717) is 31.2 Å². The lowest BCUT2D eigenvalue weighted by Gasteiger charge is -2.39. The second-order valence-corrected chi connectivity index (χ2v) is 7.95. The average Bonchev–Trinajstić information content (AvgIpc) is 3.15. The topological polar surface area (TPSA) is 67.0 Å². The number of hydrogen-bond acceptors (Lipinski definition) is 5. The van der Waals surface area contributed by atoms with Gasteiger partial charge in [-0.15, -0.1) is 0 Å². The first-order chi connectivity index (χ1) is 15.6. The van der Waals surface area contributed by atoms with Crippen molar-refractivity contribution >= 4 is 17.0 Å². The number of benzene rings is 2. The maximum absolute atomic E-state index is 12.2. The van der Waals surface area contributed by atoms with Crippen LogP contribution in [0.2, 0.25) is 0 Å². The Bertz CT molecular complexity index is 1090. The van der Waals surface area contributed by atoms with Crippen molar-refractivity contribution in [2.24, 2.45) is 0 Å². The van der Waals surface area contributed by atoms with Crippen molar-refractivity contribution in [3.05, 3.63) is 59.3 Å². The molecule has 7 heteroatoms. The molecule has 4 rings (SSSR count). The van der Waals surface area contributed by atoms with Gasteiger partial charge in [0.1, 0.15) is 0 Å². The first-order valence-corrected chi connectivity index (χ1v) is 11.0. The van der Waals surface area contributed by atoms with Crippen LogP contribution in [-0.4, -0.2) is 67.9 Å². The number of fused-ring (bicyclic) bond motifs is 1. The second-order valence-electron chi connectivity index (χ2n) is 7.95. The fraction of sp³-hybridized carbons (Fsp3) is 0.400. The predicted octanol–water partition coefficient (Wildman–Crippen LogP) is 4.36. The van der Waals surface area contributed by atoms with Crippen LogP contribution in [0.25, 0.3) is 10.9 Å². The molecule has 1 unspecified atom stereocenters. The minimum Gasteiger partial charge on any atom is -0.493 e. The van der Waals surface area contributed by atoms with E-state index in [0.717, 1.165) is 29.9 Å². The Balaban J connectivity index is 1.75. The number of aromatic nitrogens is 1. The molecular formula is C25H31N3O4. The molecule has 170 valence electrons.